The summed E-state index contributed by atoms with van der Waals surface area (Å²) in [6.45, 7) is 7.25. The normalized spacial score (nSPS) is 50.0. The fourth-order valence-corrected chi connectivity index (χ4v) is 7.36. The Morgan fingerprint density at radius 3 is 2.70 bits per heavy atom. The second-order valence-electron chi connectivity index (χ2n) is 9.61. The molecule has 0 radical (unpaired) electrons. The molecule has 0 aromatic carbocycles. The van der Waals surface area contributed by atoms with Gasteiger partial charge in [0.1, 0.15) is 0 Å². The molecule has 3 fully saturated rings. The van der Waals surface area contributed by atoms with Gasteiger partial charge in [0.25, 0.3) is 0 Å². The third-order valence-electron chi connectivity index (χ3n) is 8.58. The maximum atomic E-state index is 2.66. The molecule has 0 aliphatic heterocycles. The summed E-state index contributed by atoms with van der Waals surface area (Å²) in [5.74, 6) is 5.99. The summed E-state index contributed by atoms with van der Waals surface area (Å²) < 4.78 is 0. The molecule has 4 rings (SSSR count). The molecule has 7 atom stereocenters. The first-order chi connectivity index (χ1) is 11.1. The minimum Gasteiger partial charge on any atom is -0.0914 e. The van der Waals surface area contributed by atoms with Crippen molar-refractivity contribution in [1.82, 2.24) is 0 Å². The van der Waals surface area contributed by atoms with Gasteiger partial charge < -0.3 is 0 Å². The average Bonchev–Trinajstić information content (AvgIpc) is 2.69. The van der Waals surface area contributed by atoms with Gasteiger partial charge in [-0.2, -0.15) is 0 Å². The van der Waals surface area contributed by atoms with Crippen LogP contribution in [0.15, 0.2) is 23.8 Å². The van der Waals surface area contributed by atoms with E-state index < -0.39 is 0 Å². The Bertz CT molecular complexity index is 498. The van der Waals surface area contributed by atoms with Gasteiger partial charge in [0.2, 0.25) is 0 Å². The molecule has 4 aliphatic carbocycles. The molecule has 2 bridgehead atoms. The van der Waals surface area contributed by atoms with Gasteiger partial charge in [0.15, 0.2) is 0 Å². The van der Waals surface area contributed by atoms with Crippen LogP contribution in [0.4, 0.5) is 0 Å². The summed E-state index contributed by atoms with van der Waals surface area (Å²) in [4.78, 5) is 0. The molecular formula is C23H36. The zero-order valence-electron chi connectivity index (χ0n) is 15.6. The molecule has 0 amide bonds. The molecule has 3 saturated carbocycles. The Morgan fingerprint density at radius 2 is 1.87 bits per heavy atom. The predicted molar refractivity (Wildman–Crippen MR) is 99.2 cm³/mol. The Labute approximate surface area is 143 Å². The number of allylic oxidation sites excluding steroid dienone is 4. The molecule has 0 aromatic heterocycles. The zero-order chi connectivity index (χ0) is 16.0. The summed E-state index contributed by atoms with van der Waals surface area (Å²) in [6.07, 6.45) is 20.9. The van der Waals surface area contributed by atoms with Crippen molar-refractivity contribution in [2.45, 2.75) is 78.6 Å². The van der Waals surface area contributed by atoms with E-state index in [1.165, 1.54) is 51.4 Å². The maximum Gasteiger partial charge on any atom is -0.0177 e. The first-order valence-corrected chi connectivity index (χ1v) is 10.4. The van der Waals surface area contributed by atoms with Gasteiger partial charge in [-0.25, -0.2) is 0 Å². The van der Waals surface area contributed by atoms with Gasteiger partial charge in [-0.3, -0.25) is 0 Å². The summed E-state index contributed by atoms with van der Waals surface area (Å²) in [7, 11) is 0. The van der Waals surface area contributed by atoms with E-state index in [1.807, 2.05) is 0 Å². The van der Waals surface area contributed by atoms with E-state index in [0.717, 1.165) is 35.5 Å². The molecule has 0 aromatic rings. The van der Waals surface area contributed by atoms with Crippen LogP contribution in [-0.2, 0) is 0 Å². The van der Waals surface area contributed by atoms with E-state index in [1.54, 1.807) is 12.0 Å². The highest BCUT2D eigenvalue weighted by molar-refractivity contribution is 5.11. The number of hydrogen-bond donors (Lipinski definition) is 0. The molecule has 128 valence electrons. The molecule has 0 nitrogen and oxygen atoms in total. The molecule has 0 heteroatoms. The van der Waals surface area contributed by atoms with E-state index >= 15 is 0 Å². The Kier molecular flexibility index (Phi) is 4.23. The molecule has 0 heterocycles. The summed E-state index contributed by atoms with van der Waals surface area (Å²) in [5, 5.41) is 0. The van der Waals surface area contributed by atoms with E-state index in [-0.39, 0.29) is 0 Å². The van der Waals surface area contributed by atoms with Gasteiger partial charge >= 0.3 is 0 Å². The molecule has 0 spiro atoms. The van der Waals surface area contributed by atoms with E-state index in [2.05, 4.69) is 39.0 Å². The maximum absolute atomic E-state index is 2.66. The van der Waals surface area contributed by atoms with Crippen LogP contribution in [0.2, 0.25) is 0 Å². The van der Waals surface area contributed by atoms with Crippen LogP contribution in [0.25, 0.3) is 0 Å². The number of hydrogen-bond acceptors (Lipinski definition) is 0. The summed E-state index contributed by atoms with van der Waals surface area (Å²) in [6, 6.07) is 0. The van der Waals surface area contributed by atoms with Crippen LogP contribution in [0.3, 0.4) is 0 Å². The van der Waals surface area contributed by atoms with Crippen LogP contribution in [0.5, 0.6) is 0 Å². The van der Waals surface area contributed by atoms with Crippen molar-refractivity contribution in [3.05, 3.63) is 23.8 Å². The van der Waals surface area contributed by atoms with Gasteiger partial charge in [-0.1, -0.05) is 30.7 Å². The second kappa shape index (κ2) is 6.08. The van der Waals surface area contributed by atoms with E-state index in [9.17, 15) is 0 Å². The average molecular weight is 313 g/mol. The fourth-order valence-electron chi connectivity index (χ4n) is 7.36. The second-order valence-corrected chi connectivity index (χ2v) is 9.61. The lowest BCUT2D eigenvalue weighted by molar-refractivity contribution is 0.117. The molecular weight excluding hydrogens is 276 g/mol. The summed E-state index contributed by atoms with van der Waals surface area (Å²) in [5.41, 5.74) is 2.29. The highest BCUT2D eigenvalue weighted by Gasteiger charge is 2.52. The molecule has 23 heavy (non-hydrogen) atoms. The van der Waals surface area contributed by atoms with Gasteiger partial charge in [-0.05, 0) is 113 Å². The number of fused-ring (bicyclic) bond motifs is 6. The lowest BCUT2D eigenvalue weighted by atomic mass is 9.65. The minimum absolute atomic E-state index is 0.610. The van der Waals surface area contributed by atoms with Crippen LogP contribution in [0.1, 0.15) is 78.6 Å². The molecule has 0 saturated heterocycles. The SMILES string of the molecule is C/C=C/[C@H]1CCC2C3CCC4CC(C)=CC[C@H]4C(CC[C@@]21C)C3. The Balaban J connectivity index is 1.60. The highest BCUT2D eigenvalue weighted by Crippen LogP contribution is 2.61. The van der Waals surface area contributed by atoms with E-state index in [4.69, 9.17) is 0 Å². The van der Waals surface area contributed by atoms with Crippen molar-refractivity contribution in [3.8, 4) is 0 Å². The fraction of sp³-hybridized carbons (Fsp3) is 0.826. The van der Waals surface area contributed by atoms with Crippen LogP contribution in [0, 0.1) is 40.9 Å². The Morgan fingerprint density at radius 1 is 1.04 bits per heavy atom. The molecule has 4 aliphatic rings. The minimum atomic E-state index is 0.610. The smallest absolute Gasteiger partial charge is 0.0177 e. The third kappa shape index (κ3) is 2.65. The molecule has 4 unspecified atom stereocenters. The van der Waals surface area contributed by atoms with Crippen molar-refractivity contribution in [2.24, 2.45) is 40.9 Å². The summed E-state index contributed by atoms with van der Waals surface area (Å²) >= 11 is 0. The lowest BCUT2D eigenvalue weighted by Crippen LogP contribution is -2.31. The number of rotatable bonds is 1. The van der Waals surface area contributed by atoms with Gasteiger partial charge in [0.05, 0.1) is 0 Å². The van der Waals surface area contributed by atoms with Crippen molar-refractivity contribution in [2.75, 3.05) is 0 Å². The van der Waals surface area contributed by atoms with Crippen LogP contribution >= 0.6 is 0 Å². The van der Waals surface area contributed by atoms with Crippen molar-refractivity contribution in [1.29, 1.82) is 0 Å². The first kappa shape index (κ1) is 16.0. The van der Waals surface area contributed by atoms with Crippen molar-refractivity contribution in [3.63, 3.8) is 0 Å². The standard InChI is InChI=1S/C23H36/c1-4-5-20-9-11-22-19-8-7-17-14-16(2)6-10-21(17)18(15-19)12-13-23(20,22)3/h4-6,17-22H,7-15H2,1-3H3/b5-4+/t17?,18?,19?,20-,21+,22?,23+/m0/s1. The van der Waals surface area contributed by atoms with Crippen molar-refractivity contribution < 1.29 is 0 Å². The zero-order valence-corrected chi connectivity index (χ0v) is 15.6. The third-order valence-corrected chi connectivity index (χ3v) is 8.58. The quantitative estimate of drug-likeness (QED) is 0.468. The monoisotopic (exact) mass is 312 g/mol. The lowest BCUT2D eigenvalue weighted by Gasteiger charge is -2.39. The van der Waals surface area contributed by atoms with Gasteiger partial charge in [0, 0.05) is 0 Å². The predicted octanol–water partition coefficient (Wildman–Crippen LogP) is 6.78. The van der Waals surface area contributed by atoms with Crippen LogP contribution < -0.4 is 0 Å². The van der Waals surface area contributed by atoms with Crippen LogP contribution in [-0.4, -0.2) is 0 Å². The molecule has 0 N–H and O–H groups in total. The van der Waals surface area contributed by atoms with Gasteiger partial charge in [-0.15, -0.1) is 0 Å². The van der Waals surface area contributed by atoms with Crippen molar-refractivity contribution >= 4 is 0 Å². The topological polar surface area (TPSA) is 0 Å². The Hall–Kier alpha value is -0.520. The largest absolute Gasteiger partial charge is 0.0914 e. The highest BCUT2D eigenvalue weighted by atomic mass is 14.6. The van der Waals surface area contributed by atoms with E-state index in [0.29, 0.717) is 5.41 Å². The first-order valence-electron chi connectivity index (χ1n) is 10.4.